The van der Waals surface area contributed by atoms with Crippen LogP contribution in [0.3, 0.4) is 0 Å². The lowest BCUT2D eigenvalue weighted by Crippen LogP contribution is -2.50. The predicted octanol–water partition coefficient (Wildman–Crippen LogP) is 1.39. The molecular formula is C20H22F2N6O4S. The topological polar surface area (TPSA) is 103 Å². The van der Waals surface area contributed by atoms with Crippen molar-refractivity contribution in [1.82, 2.24) is 28.8 Å². The van der Waals surface area contributed by atoms with Gasteiger partial charge in [0.1, 0.15) is 10.7 Å². The van der Waals surface area contributed by atoms with Crippen LogP contribution in [0.25, 0.3) is 0 Å². The third kappa shape index (κ3) is 4.59. The molecule has 1 amide bonds. The van der Waals surface area contributed by atoms with E-state index in [2.05, 4.69) is 10.2 Å². The van der Waals surface area contributed by atoms with Crippen LogP contribution < -0.4 is 4.74 Å². The number of sulfonamides is 1. The van der Waals surface area contributed by atoms with Gasteiger partial charge in [0, 0.05) is 45.5 Å². The van der Waals surface area contributed by atoms with Crippen molar-refractivity contribution in [2.24, 2.45) is 7.05 Å². The molecule has 4 rings (SSSR count). The fourth-order valence-corrected chi connectivity index (χ4v) is 5.05. The van der Waals surface area contributed by atoms with Gasteiger partial charge in [0.25, 0.3) is 5.91 Å². The van der Waals surface area contributed by atoms with Gasteiger partial charge in [-0.05, 0) is 25.1 Å². The van der Waals surface area contributed by atoms with Gasteiger partial charge in [0.15, 0.2) is 24.0 Å². The molecule has 0 spiro atoms. The Hall–Kier alpha value is -3.32. The van der Waals surface area contributed by atoms with Crippen LogP contribution in [-0.2, 0) is 23.8 Å². The molecule has 0 unspecified atom stereocenters. The largest absolute Gasteiger partial charge is 0.468 e. The average Bonchev–Trinajstić information content (AvgIpc) is 3.40. The van der Waals surface area contributed by atoms with Gasteiger partial charge in [0.05, 0.1) is 11.9 Å². The summed E-state index contributed by atoms with van der Waals surface area (Å²) in [5.74, 6) is -2.04. The normalized spacial score (nSPS) is 15.1. The number of carbonyl (C=O) groups excluding carboxylic acids is 1. The van der Waals surface area contributed by atoms with Gasteiger partial charge in [-0.25, -0.2) is 21.9 Å². The second-order valence-corrected chi connectivity index (χ2v) is 9.41. The van der Waals surface area contributed by atoms with Crippen LogP contribution >= 0.6 is 0 Å². The number of halogens is 2. The van der Waals surface area contributed by atoms with Gasteiger partial charge >= 0.3 is 0 Å². The molecule has 1 saturated heterocycles. The zero-order chi connectivity index (χ0) is 23.8. The molecule has 0 saturated carbocycles. The Morgan fingerprint density at radius 2 is 1.88 bits per heavy atom. The molecule has 3 aromatic rings. The molecule has 10 nitrogen and oxygen atoms in total. The number of amides is 1. The van der Waals surface area contributed by atoms with E-state index < -0.39 is 21.7 Å². The molecule has 1 aromatic carbocycles. The van der Waals surface area contributed by atoms with Crippen molar-refractivity contribution < 1.29 is 26.7 Å². The molecule has 2 aromatic heterocycles. The molecule has 0 N–H and O–H groups in total. The highest BCUT2D eigenvalue weighted by molar-refractivity contribution is 7.89. The van der Waals surface area contributed by atoms with Crippen LogP contribution in [0.4, 0.5) is 8.78 Å². The minimum absolute atomic E-state index is 0.138. The van der Waals surface area contributed by atoms with Gasteiger partial charge in [-0.2, -0.15) is 14.5 Å². The lowest BCUT2D eigenvalue weighted by Gasteiger charge is -2.33. The summed E-state index contributed by atoms with van der Waals surface area (Å²) < 4.78 is 61.9. The second-order valence-electron chi connectivity index (χ2n) is 7.50. The smallest absolute Gasteiger partial charge is 0.274 e. The standard InChI is InChI=1S/C20H22F2N6O4S/c1-14-19(12-23-25(14)2)33(30,31)28-9-7-26(8-10-28)20(29)17-5-6-27(24-17)13-32-18-4-3-15(21)11-16(18)22/h3-6,11-12H,7-10,13H2,1-2H3. The van der Waals surface area contributed by atoms with Crippen molar-refractivity contribution in [3.8, 4) is 5.75 Å². The highest BCUT2D eigenvalue weighted by atomic mass is 32.2. The molecule has 1 aliphatic heterocycles. The summed E-state index contributed by atoms with van der Waals surface area (Å²) in [6.45, 7) is 2.23. The zero-order valence-corrected chi connectivity index (χ0v) is 18.8. The monoisotopic (exact) mass is 480 g/mol. The maximum atomic E-state index is 13.7. The Kier molecular flexibility index (Phi) is 6.17. The fraction of sp³-hybridized carbons (Fsp3) is 0.350. The predicted molar refractivity (Wildman–Crippen MR) is 112 cm³/mol. The van der Waals surface area contributed by atoms with E-state index in [0.717, 1.165) is 6.07 Å². The van der Waals surface area contributed by atoms with E-state index in [9.17, 15) is 22.0 Å². The number of aryl methyl sites for hydroxylation is 1. The Balaban J connectivity index is 1.35. The van der Waals surface area contributed by atoms with E-state index >= 15 is 0 Å². The summed E-state index contributed by atoms with van der Waals surface area (Å²) in [5.41, 5.74) is 0.694. The van der Waals surface area contributed by atoms with E-state index in [4.69, 9.17) is 4.74 Å². The van der Waals surface area contributed by atoms with Crippen molar-refractivity contribution in [1.29, 1.82) is 0 Å². The summed E-state index contributed by atoms with van der Waals surface area (Å²) >= 11 is 0. The van der Waals surface area contributed by atoms with Crippen LogP contribution in [0, 0.1) is 18.6 Å². The molecule has 33 heavy (non-hydrogen) atoms. The van der Waals surface area contributed by atoms with Crippen LogP contribution in [-0.4, -0.2) is 69.3 Å². The number of piperazine rings is 1. The zero-order valence-electron chi connectivity index (χ0n) is 18.0. The van der Waals surface area contributed by atoms with Crippen LogP contribution in [0.5, 0.6) is 5.75 Å². The molecule has 3 heterocycles. The average molecular weight is 480 g/mol. The number of benzene rings is 1. The Labute approximate surface area is 189 Å². The van der Waals surface area contributed by atoms with E-state index in [0.29, 0.717) is 11.8 Å². The van der Waals surface area contributed by atoms with E-state index in [1.807, 2.05) is 0 Å². The molecule has 13 heteroatoms. The summed E-state index contributed by atoms with van der Waals surface area (Å²) in [6, 6.07) is 4.45. The molecular weight excluding hydrogens is 458 g/mol. The van der Waals surface area contributed by atoms with Gasteiger partial charge < -0.3 is 9.64 Å². The van der Waals surface area contributed by atoms with Gasteiger partial charge in [0.2, 0.25) is 10.0 Å². The molecule has 176 valence electrons. The molecule has 0 bridgehead atoms. The Morgan fingerprint density at radius 1 is 1.15 bits per heavy atom. The minimum Gasteiger partial charge on any atom is -0.468 e. The SMILES string of the molecule is Cc1c(S(=O)(=O)N2CCN(C(=O)c3ccn(COc4ccc(F)cc4F)n3)CC2)cnn1C. The summed E-state index contributed by atoms with van der Waals surface area (Å²) in [4.78, 5) is 14.5. The number of hydrogen-bond donors (Lipinski definition) is 0. The first-order valence-corrected chi connectivity index (χ1v) is 11.5. The first-order chi connectivity index (χ1) is 15.7. The number of aromatic nitrogens is 4. The van der Waals surface area contributed by atoms with Gasteiger partial charge in [-0.3, -0.25) is 9.48 Å². The first kappa shape index (κ1) is 22.9. The molecule has 0 atom stereocenters. The number of hydrogen-bond acceptors (Lipinski definition) is 6. The lowest BCUT2D eigenvalue weighted by atomic mass is 10.3. The third-order valence-corrected chi connectivity index (χ3v) is 7.44. The first-order valence-electron chi connectivity index (χ1n) is 10.1. The summed E-state index contributed by atoms with van der Waals surface area (Å²) in [7, 11) is -2.03. The van der Waals surface area contributed by atoms with Crippen molar-refractivity contribution in [2.75, 3.05) is 26.2 Å². The van der Waals surface area contributed by atoms with E-state index in [1.165, 1.54) is 43.1 Å². The molecule has 1 aliphatic rings. The number of carbonyl (C=O) groups is 1. The summed E-state index contributed by atoms with van der Waals surface area (Å²) in [5, 5.41) is 8.13. The van der Waals surface area contributed by atoms with Crippen LogP contribution in [0.1, 0.15) is 16.2 Å². The molecule has 0 aliphatic carbocycles. The number of nitrogens with zero attached hydrogens (tertiary/aromatic N) is 6. The summed E-state index contributed by atoms with van der Waals surface area (Å²) in [6.07, 6.45) is 2.83. The highest BCUT2D eigenvalue weighted by Crippen LogP contribution is 2.21. The van der Waals surface area contributed by atoms with Crippen LogP contribution in [0.2, 0.25) is 0 Å². The number of rotatable bonds is 6. The van der Waals surface area contributed by atoms with Crippen molar-refractivity contribution in [3.63, 3.8) is 0 Å². The molecule has 0 radical (unpaired) electrons. The third-order valence-electron chi connectivity index (χ3n) is 5.44. The van der Waals surface area contributed by atoms with Crippen LogP contribution in [0.15, 0.2) is 41.6 Å². The highest BCUT2D eigenvalue weighted by Gasteiger charge is 2.33. The molecule has 1 fully saturated rings. The van der Waals surface area contributed by atoms with E-state index in [-0.39, 0.29) is 55.2 Å². The minimum atomic E-state index is -3.70. The fourth-order valence-electron chi connectivity index (χ4n) is 3.44. The maximum Gasteiger partial charge on any atom is 0.274 e. The maximum absolute atomic E-state index is 13.7. The lowest BCUT2D eigenvalue weighted by molar-refractivity contribution is 0.0689. The van der Waals surface area contributed by atoms with Crippen molar-refractivity contribution in [2.45, 2.75) is 18.6 Å². The van der Waals surface area contributed by atoms with Crippen molar-refractivity contribution >= 4 is 15.9 Å². The number of ether oxygens (including phenoxy) is 1. The van der Waals surface area contributed by atoms with Crippen molar-refractivity contribution in [3.05, 3.63) is 59.7 Å². The Morgan fingerprint density at radius 3 is 2.52 bits per heavy atom. The quantitative estimate of drug-likeness (QED) is 0.528. The van der Waals surface area contributed by atoms with Gasteiger partial charge in [-0.15, -0.1) is 0 Å². The van der Waals surface area contributed by atoms with E-state index in [1.54, 1.807) is 14.0 Å². The van der Waals surface area contributed by atoms with Gasteiger partial charge in [-0.1, -0.05) is 0 Å². The Bertz CT molecular complexity index is 1280. The second kappa shape index (κ2) is 8.90.